The standard InChI is InChI=1S/C49H98NO8P/c1-6-8-10-12-14-16-18-20-22-23-24-25-26-27-28-30-31-33-35-37-39-41-48(51)55-45-47(46-57-59(53,54)56-44-43-50(3,4)5)58-49(52)42-40-38-36-34-32-29-21-19-17-15-13-11-9-7-2/h47H,6-46H2,1-5H3/p+1. The Morgan fingerprint density at radius 1 is 0.458 bits per heavy atom. The molecule has 10 heteroatoms. The highest BCUT2D eigenvalue weighted by Gasteiger charge is 2.27. The smallest absolute Gasteiger partial charge is 0.462 e. The van der Waals surface area contributed by atoms with Crippen molar-refractivity contribution < 1.29 is 42.1 Å². The van der Waals surface area contributed by atoms with Gasteiger partial charge in [0, 0.05) is 12.8 Å². The molecule has 0 aromatic carbocycles. The van der Waals surface area contributed by atoms with Crippen LogP contribution in [0.3, 0.4) is 0 Å². The summed E-state index contributed by atoms with van der Waals surface area (Å²) < 4.78 is 34.4. The van der Waals surface area contributed by atoms with Crippen LogP contribution < -0.4 is 0 Å². The van der Waals surface area contributed by atoms with E-state index in [9.17, 15) is 19.0 Å². The van der Waals surface area contributed by atoms with Gasteiger partial charge in [-0.1, -0.05) is 226 Å². The van der Waals surface area contributed by atoms with E-state index in [0.717, 1.165) is 38.5 Å². The molecular formula is C49H99NO8P+. The lowest BCUT2D eigenvalue weighted by Crippen LogP contribution is -2.37. The van der Waals surface area contributed by atoms with Crippen LogP contribution in [0.1, 0.15) is 251 Å². The fraction of sp³-hybridized carbons (Fsp3) is 0.959. The number of hydrogen-bond acceptors (Lipinski definition) is 7. The Morgan fingerprint density at radius 2 is 0.763 bits per heavy atom. The first-order chi connectivity index (χ1) is 28.5. The number of likely N-dealkylation sites (N-methyl/N-ethyl adjacent to an activating group) is 1. The quantitative estimate of drug-likeness (QED) is 0.0279. The summed E-state index contributed by atoms with van der Waals surface area (Å²) in [6.07, 6.45) is 44.4. The van der Waals surface area contributed by atoms with E-state index in [4.69, 9.17) is 18.5 Å². The lowest BCUT2D eigenvalue weighted by Gasteiger charge is -2.24. The van der Waals surface area contributed by atoms with Crippen molar-refractivity contribution >= 4 is 19.8 Å². The van der Waals surface area contributed by atoms with Gasteiger partial charge in [0.25, 0.3) is 0 Å². The monoisotopic (exact) mass is 861 g/mol. The van der Waals surface area contributed by atoms with Gasteiger partial charge in [-0.05, 0) is 12.8 Å². The zero-order valence-corrected chi connectivity index (χ0v) is 40.7. The minimum absolute atomic E-state index is 0.0371. The molecule has 59 heavy (non-hydrogen) atoms. The van der Waals surface area contributed by atoms with Gasteiger partial charge in [0.1, 0.15) is 19.8 Å². The third-order valence-corrected chi connectivity index (χ3v) is 12.4. The second-order valence-electron chi connectivity index (χ2n) is 18.6. The Labute approximate surface area is 365 Å². The molecule has 0 aromatic rings. The van der Waals surface area contributed by atoms with Gasteiger partial charge in [0.05, 0.1) is 27.7 Å². The zero-order chi connectivity index (χ0) is 43.6. The molecule has 1 N–H and O–H groups in total. The number of ether oxygens (including phenoxy) is 2. The van der Waals surface area contributed by atoms with Crippen molar-refractivity contribution in [3.8, 4) is 0 Å². The van der Waals surface area contributed by atoms with Crippen molar-refractivity contribution in [3.05, 3.63) is 0 Å². The van der Waals surface area contributed by atoms with E-state index in [-0.39, 0.29) is 25.6 Å². The van der Waals surface area contributed by atoms with E-state index in [1.54, 1.807) is 0 Å². The summed E-state index contributed by atoms with van der Waals surface area (Å²) in [4.78, 5) is 35.5. The molecule has 352 valence electrons. The number of phosphoric acid groups is 1. The first-order valence-corrected chi connectivity index (χ1v) is 26.8. The molecule has 0 heterocycles. The summed E-state index contributed by atoms with van der Waals surface area (Å²) in [6, 6.07) is 0. The predicted octanol–water partition coefficient (Wildman–Crippen LogP) is 14.8. The van der Waals surface area contributed by atoms with Crippen LogP contribution in [0.25, 0.3) is 0 Å². The number of esters is 2. The van der Waals surface area contributed by atoms with Crippen LogP contribution in [-0.2, 0) is 32.7 Å². The molecule has 0 amide bonds. The van der Waals surface area contributed by atoms with Gasteiger partial charge < -0.3 is 18.9 Å². The SMILES string of the molecule is CCCCCCCCCCCCCCCCCCCCCCCC(=O)OCC(COP(=O)(O)OCC[N+](C)(C)C)OC(=O)CCCCCCCCCCCCCCCC. The van der Waals surface area contributed by atoms with Crippen LogP contribution >= 0.6 is 7.82 Å². The molecule has 9 nitrogen and oxygen atoms in total. The molecule has 0 fully saturated rings. The van der Waals surface area contributed by atoms with Gasteiger partial charge in [-0.2, -0.15) is 0 Å². The summed E-state index contributed by atoms with van der Waals surface area (Å²) in [5.41, 5.74) is 0. The van der Waals surface area contributed by atoms with Crippen molar-refractivity contribution in [1.82, 2.24) is 0 Å². The maximum Gasteiger partial charge on any atom is 0.472 e. The Bertz CT molecular complexity index is 974. The van der Waals surface area contributed by atoms with Gasteiger partial charge >= 0.3 is 19.8 Å². The Hall–Kier alpha value is -0.990. The average Bonchev–Trinajstić information content (AvgIpc) is 3.19. The molecule has 0 spiro atoms. The lowest BCUT2D eigenvalue weighted by atomic mass is 10.0. The van der Waals surface area contributed by atoms with E-state index >= 15 is 0 Å². The third-order valence-electron chi connectivity index (χ3n) is 11.4. The number of hydrogen-bond donors (Lipinski definition) is 1. The van der Waals surface area contributed by atoms with Crippen LogP contribution in [0.4, 0.5) is 0 Å². The minimum atomic E-state index is -4.37. The Kier molecular flexibility index (Phi) is 41.6. The summed E-state index contributed by atoms with van der Waals surface area (Å²) in [5, 5.41) is 0. The molecular weight excluding hydrogens is 762 g/mol. The van der Waals surface area contributed by atoms with Gasteiger partial charge in [0.15, 0.2) is 6.10 Å². The molecule has 0 aliphatic heterocycles. The third kappa shape index (κ3) is 46.3. The fourth-order valence-corrected chi connectivity index (χ4v) is 8.17. The van der Waals surface area contributed by atoms with Gasteiger partial charge in [0.2, 0.25) is 0 Å². The van der Waals surface area contributed by atoms with Crippen molar-refractivity contribution in [2.75, 3.05) is 47.5 Å². The maximum atomic E-state index is 12.7. The number of carbonyl (C=O) groups excluding carboxylic acids is 2. The molecule has 2 atom stereocenters. The normalized spacial score (nSPS) is 13.4. The molecule has 0 rings (SSSR count). The molecule has 2 unspecified atom stereocenters. The average molecular weight is 861 g/mol. The molecule has 0 saturated carbocycles. The Balaban J connectivity index is 4.17. The highest BCUT2D eigenvalue weighted by Crippen LogP contribution is 2.43. The number of carbonyl (C=O) groups is 2. The van der Waals surface area contributed by atoms with Crippen LogP contribution in [0.15, 0.2) is 0 Å². The molecule has 0 radical (unpaired) electrons. The molecule has 0 aromatic heterocycles. The van der Waals surface area contributed by atoms with E-state index in [0.29, 0.717) is 17.4 Å². The first kappa shape index (κ1) is 58.0. The van der Waals surface area contributed by atoms with E-state index in [1.807, 2.05) is 21.1 Å². The van der Waals surface area contributed by atoms with Crippen LogP contribution in [0, 0.1) is 0 Å². The van der Waals surface area contributed by atoms with E-state index in [2.05, 4.69) is 13.8 Å². The van der Waals surface area contributed by atoms with Gasteiger partial charge in [-0.15, -0.1) is 0 Å². The number of unbranched alkanes of at least 4 members (excludes halogenated alkanes) is 33. The summed E-state index contributed by atoms with van der Waals surface area (Å²) in [6.45, 7) is 4.48. The van der Waals surface area contributed by atoms with E-state index < -0.39 is 26.5 Å². The van der Waals surface area contributed by atoms with Crippen LogP contribution in [0.5, 0.6) is 0 Å². The maximum absolute atomic E-state index is 12.7. The van der Waals surface area contributed by atoms with Crippen LogP contribution in [0.2, 0.25) is 0 Å². The molecule has 0 bridgehead atoms. The van der Waals surface area contributed by atoms with Crippen molar-refractivity contribution in [3.63, 3.8) is 0 Å². The van der Waals surface area contributed by atoms with Crippen molar-refractivity contribution in [2.45, 2.75) is 258 Å². The summed E-state index contributed by atoms with van der Waals surface area (Å²) >= 11 is 0. The summed E-state index contributed by atoms with van der Waals surface area (Å²) in [7, 11) is 1.50. The van der Waals surface area contributed by atoms with Crippen molar-refractivity contribution in [1.29, 1.82) is 0 Å². The number of quaternary nitrogens is 1. The molecule has 0 aliphatic rings. The number of nitrogens with zero attached hydrogens (tertiary/aromatic N) is 1. The van der Waals surface area contributed by atoms with Crippen LogP contribution in [-0.4, -0.2) is 74.9 Å². The Morgan fingerprint density at radius 3 is 1.08 bits per heavy atom. The predicted molar refractivity (Wildman–Crippen MR) is 248 cm³/mol. The van der Waals surface area contributed by atoms with Crippen molar-refractivity contribution in [2.24, 2.45) is 0 Å². The first-order valence-electron chi connectivity index (χ1n) is 25.3. The zero-order valence-electron chi connectivity index (χ0n) is 39.8. The van der Waals surface area contributed by atoms with Gasteiger partial charge in [-0.25, -0.2) is 4.57 Å². The second kappa shape index (κ2) is 42.3. The summed E-state index contributed by atoms with van der Waals surface area (Å²) in [5.74, 6) is -0.779. The topological polar surface area (TPSA) is 108 Å². The number of rotatable bonds is 47. The molecule has 0 aliphatic carbocycles. The van der Waals surface area contributed by atoms with Gasteiger partial charge in [-0.3, -0.25) is 18.6 Å². The number of phosphoric ester groups is 1. The second-order valence-corrected chi connectivity index (χ2v) is 20.0. The fourth-order valence-electron chi connectivity index (χ4n) is 7.43. The largest absolute Gasteiger partial charge is 0.472 e. The highest BCUT2D eigenvalue weighted by molar-refractivity contribution is 7.47. The molecule has 0 saturated heterocycles. The highest BCUT2D eigenvalue weighted by atomic mass is 31.2. The minimum Gasteiger partial charge on any atom is -0.462 e. The lowest BCUT2D eigenvalue weighted by molar-refractivity contribution is -0.870. The van der Waals surface area contributed by atoms with E-state index in [1.165, 1.54) is 186 Å².